The van der Waals surface area contributed by atoms with E-state index in [2.05, 4.69) is 25.7 Å². The van der Waals surface area contributed by atoms with Crippen molar-refractivity contribution in [2.45, 2.75) is 40.3 Å². The number of aliphatic imine (C=N–C) groups is 1. The second-order valence-corrected chi connectivity index (χ2v) is 7.52. The lowest BCUT2D eigenvalue weighted by Crippen LogP contribution is -2.41. The molecule has 8 heteroatoms. The summed E-state index contributed by atoms with van der Waals surface area (Å²) in [7, 11) is 1.64. The number of methoxy groups -OCH3 is 1. The molecular formula is C24H32N6O2. The van der Waals surface area contributed by atoms with E-state index >= 15 is 0 Å². The van der Waals surface area contributed by atoms with Gasteiger partial charge in [-0.15, -0.1) is 0 Å². The molecule has 3 aromatic rings. The van der Waals surface area contributed by atoms with Crippen molar-refractivity contribution < 1.29 is 9.47 Å². The van der Waals surface area contributed by atoms with Crippen LogP contribution >= 0.6 is 0 Å². The molecule has 3 rings (SSSR count). The van der Waals surface area contributed by atoms with Crippen molar-refractivity contribution in [3.63, 3.8) is 0 Å². The summed E-state index contributed by atoms with van der Waals surface area (Å²) in [6.07, 6.45) is 1.77. The lowest BCUT2D eigenvalue weighted by atomic mass is 10.3. The Balaban J connectivity index is 1.58. The summed E-state index contributed by atoms with van der Waals surface area (Å²) in [4.78, 5) is 9.22. The number of aromatic nitrogens is 3. The van der Waals surface area contributed by atoms with Crippen molar-refractivity contribution >= 4 is 5.96 Å². The molecule has 0 aliphatic carbocycles. The van der Waals surface area contributed by atoms with Gasteiger partial charge in [0.2, 0.25) is 0 Å². The van der Waals surface area contributed by atoms with Crippen LogP contribution in [0, 0.1) is 13.8 Å². The number of nitrogens with one attached hydrogen (secondary N) is 2. The standard InChI is InChI=1S/C24H32N6O2/c1-6-25-24(27-14-19(4)32-22-10-8-7-9-21(22)31-5)28-16-20-11-12-23(26-15-20)30-18(3)13-17(2)29-30/h7-13,15,19H,6,14,16H2,1-5H3,(H2,25,27,28). The first-order chi connectivity index (χ1) is 15.5. The first-order valence-corrected chi connectivity index (χ1v) is 10.8. The molecule has 0 aliphatic rings. The van der Waals surface area contributed by atoms with Crippen LogP contribution in [-0.4, -0.2) is 47.0 Å². The maximum absolute atomic E-state index is 6.01. The molecule has 0 bridgehead atoms. The molecule has 1 aromatic carbocycles. The van der Waals surface area contributed by atoms with Crippen LogP contribution in [0.3, 0.4) is 0 Å². The van der Waals surface area contributed by atoms with Gasteiger partial charge in [0, 0.05) is 18.4 Å². The number of hydrogen-bond acceptors (Lipinski definition) is 5. The number of rotatable bonds is 9. The normalized spacial score (nSPS) is 12.3. The molecule has 8 nitrogen and oxygen atoms in total. The number of pyridine rings is 1. The van der Waals surface area contributed by atoms with Gasteiger partial charge in [-0.2, -0.15) is 5.10 Å². The Morgan fingerprint density at radius 1 is 1.12 bits per heavy atom. The molecule has 0 saturated carbocycles. The Morgan fingerprint density at radius 2 is 1.91 bits per heavy atom. The van der Waals surface area contributed by atoms with Crippen molar-refractivity contribution in [2.75, 3.05) is 20.2 Å². The molecule has 0 fully saturated rings. The highest BCUT2D eigenvalue weighted by Crippen LogP contribution is 2.26. The third-order valence-electron chi connectivity index (χ3n) is 4.75. The summed E-state index contributed by atoms with van der Waals surface area (Å²) in [6, 6.07) is 13.7. The van der Waals surface area contributed by atoms with Gasteiger partial charge in [0.25, 0.3) is 0 Å². The molecule has 0 radical (unpaired) electrons. The first kappa shape index (κ1) is 23.1. The van der Waals surface area contributed by atoms with Gasteiger partial charge in [-0.05, 0) is 57.5 Å². The summed E-state index contributed by atoms with van der Waals surface area (Å²) in [5.41, 5.74) is 3.05. The topological polar surface area (TPSA) is 85.6 Å². The number of ether oxygens (including phenoxy) is 2. The van der Waals surface area contributed by atoms with E-state index in [9.17, 15) is 0 Å². The highest BCUT2D eigenvalue weighted by Gasteiger charge is 2.10. The summed E-state index contributed by atoms with van der Waals surface area (Å²) in [6.45, 7) is 9.92. The van der Waals surface area contributed by atoms with Crippen LogP contribution in [0.2, 0.25) is 0 Å². The number of guanidine groups is 1. The second kappa shape index (κ2) is 11.2. The molecule has 1 atom stereocenters. The zero-order chi connectivity index (χ0) is 22.9. The van der Waals surface area contributed by atoms with Crippen LogP contribution in [0.4, 0.5) is 0 Å². The molecule has 32 heavy (non-hydrogen) atoms. The van der Waals surface area contributed by atoms with Crippen LogP contribution in [0.15, 0.2) is 53.7 Å². The predicted molar refractivity (Wildman–Crippen MR) is 127 cm³/mol. The minimum absolute atomic E-state index is 0.0723. The van der Waals surface area contributed by atoms with Crippen LogP contribution in [0.5, 0.6) is 11.5 Å². The Kier molecular flexibility index (Phi) is 8.08. The molecule has 2 aromatic heterocycles. The van der Waals surface area contributed by atoms with E-state index in [0.29, 0.717) is 13.1 Å². The molecular weight excluding hydrogens is 404 g/mol. The van der Waals surface area contributed by atoms with Crippen molar-refractivity contribution in [2.24, 2.45) is 4.99 Å². The monoisotopic (exact) mass is 436 g/mol. The number of para-hydroxylation sites is 2. The second-order valence-electron chi connectivity index (χ2n) is 7.52. The molecule has 0 spiro atoms. The predicted octanol–water partition coefficient (Wildman–Crippen LogP) is 3.42. The average Bonchev–Trinajstić information content (AvgIpc) is 3.14. The van der Waals surface area contributed by atoms with E-state index in [1.165, 1.54) is 0 Å². The fourth-order valence-electron chi connectivity index (χ4n) is 3.22. The molecule has 1 unspecified atom stereocenters. The quantitative estimate of drug-likeness (QED) is 0.395. The van der Waals surface area contributed by atoms with Gasteiger partial charge in [0.1, 0.15) is 6.10 Å². The molecule has 170 valence electrons. The van der Waals surface area contributed by atoms with E-state index in [4.69, 9.17) is 9.47 Å². The van der Waals surface area contributed by atoms with Gasteiger partial charge < -0.3 is 20.1 Å². The minimum Gasteiger partial charge on any atom is -0.493 e. The van der Waals surface area contributed by atoms with Crippen LogP contribution in [-0.2, 0) is 6.54 Å². The molecule has 2 heterocycles. The number of nitrogens with zero attached hydrogens (tertiary/aromatic N) is 4. The van der Waals surface area contributed by atoms with Crippen molar-refractivity contribution in [1.29, 1.82) is 0 Å². The van der Waals surface area contributed by atoms with E-state index in [-0.39, 0.29) is 6.10 Å². The molecule has 0 aliphatic heterocycles. The average molecular weight is 437 g/mol. The minimum atomic E-state index is -0.0723. The Labute approximate surface area is 189 Å². The highest BCUT2D eigenvalue weighted by molar-refractivity contribution is 5.79. The van der Waals surface area contributed by atoms with E-state index in [0.717, 1.165) is 46.8 Å². The third kappa shape index (κ3) is 6.23. The number of hydrogen-bond donors (Lipinski definition) is 2. The van der Waals surface area contributed by atoms with Crippen LogP contribution in [0.25, 0.3) is 5.82 Å². The first-order valence-electron chi connectivity index (χ1n) is 10.8. The zero-order valence-electron chi connectivity index (χ0n) is 19.4. The van der Waals surface area contributed by atoms with Crippen molar-refractivity contribution in [3.8, 4) is 17.3 Å². The zero-order valence-corrected chi connectivity index (χ0v) is 19.4. The number of benzene rings is 1. The Morgan fingerprint density at radius 3 is 2.53 bits per heavy atom. The van der Waals surface area contributed by atoms with Crippen molar-refractivity contribution in [1.82, 2.24) is 25.4 Å². The largest absolute Gasteiger partial charge is 0.493 e. The molecule has 0 saturated heterocycles. The SMILES string of the molecule is CCNC(=NCc1ccc(-n2nc(C)cc2C)nc1)NCC(C)Oc1ccccc1OC. The Bertz CT molecular complexity index is 1030. The maximum Gasteiger partial charge on any atom is 0.191 e. The fourth-order valence-corrected chi connectivity index (χ4v) is 3.22. The lowest BCUT2D eigenvalue weighted by molar-refractivity contribution is 0.213. The summed E-state index contributed by atoms with van der Waals surface area (Å²) in [5, 5.41) is 11.1. The van der Waals surface area contributed by atoms with Gasteiger partial charge in [0.15, 0.2) is 23.3 Å². The smallest absolute Gasteiger partial charge is 0.191 e. The summed E-state index contributed by atoms with van der Waals surface area (Å²) >= 11 is 0. The van der Waals surface area contributed by atoms with Crippen molar-refractivity contribution in [3.05, 3.63) is 65.6 Å². The van der Waals surface area contributed by atoms with E-state index in [1.807, 2.05) is 81.0 Å². The van der Waals surface area contributed by atoms with Gasteiger partial charge in [-0.1, -0.05) is 18.2 Å². The molecule has 2 N–H and O–H groups in total. The fraction of sp³-hybridized carbons (Fsp3) is 0.375. The van der Waals surface area contributed by atoms with Crippen LogP contribution in [0.1, 0.15) is 30.8 Å². The lowest BCUT2D eigenvalue weighted by Gasteiger charge is -2.19. The third-order valence-corrected chi connectivity index (χ3v) is 4.75. The summed E-state index contributed by atoms with van der Waals surface area (Å²) < 4.78 is 13.2. The number of aryl methyl sites for hydroxylation is 2. The highest BCUT2D eigenvalue weighted by atomic mass is 16.5. The molecule has 0 amide bonds. The van der Waals surface area contributed by atoms with Crippen LogP contribution < -0.4 is 20.1 Å². The van der Waals surface area contributed by atoms with Gasteiger partial charge in [-0.3, -0.25) is 0 Å². The summed E-state index contributed by atoms with van der Waals surface area (Å²) in [5.74, 6) is 2.97. The van der Waals surface area contributed by atoms with Gasteiger partial charge in [-0.25, -0.2) is 14.7 Å². The van der Waals surface area contributed by atoms with E-state index in [1.54, 1.807) is 7.11 Å². The maximum atomic E-state index is 6.01. The van der Waals surface area contributed by atoms with Gasteiger partial charge in [0.05, 0.1) is 25.9 Å². The van der Waals surface area contributed by atoms with E-state index < -0.39 is 0 Å². The Hall–Kier alpha value is -3.55. The van der Waals surface area contributed by atoms with Gasteiger partial charge >= 0.3 is 0 Å².